The minimum Gasteiger partial charge on any atom is -0.462 e. The monoisotopic (exact) mass is 671 g/mol. The zero-order chi connectivity index (χ0) is 35.3. The lowest BCUT2D eigenvalue weighted by molar-refractivity contribution is -0.151. The molecule has 0 saturated heterocycles. The van der Waals surface area contributed by atoms with Gasteiger partial charge in [0, 0.05) is 12.8 Å². The van der Waals surface area contributed by atoms with E-state index < -0.39 is 0 Å². The van der Waals surface area contributed by atoms with Crippen molar-refractivity contribution in [2.45, 2.75) is 164 Å². The van der Waals surface area contributed by atoms with Crippen LogP contribution in [0.25, 0.3) is 0 Å². The molecule has 0 radical (unpaired) electrons. The minimum atomic E-state index is 0.0235. The highest BCUT2D eigenvalue weighted by Gasteiger charge is 2.59. The van der Waals surface area contributed by atoms with Gasteiger partial charge in [-0.05, 0) is 142 Å². The molecule has 9 atom stereocenters. The third-order valence-electron chi connectivity index (χ3n) is 13.8. The predicted molar refractivity (Wildman–Crippen MR) is 211 cm³/mol. The fraction of sp³-hybridized carbons (Fsp3) is 0.723. The van der Waals surface area contributed by atoms with Crippen molar-refractivity contribution in [2.24, 2.45) is 52.3 Å². The summed E-state index contributed by atoms with van der Waals surface area (Å²) >= 11 is 0. The first-order valence-corrected chi connectivity index (χ1v) is 20.8. The summed E-state index contributed by atoms with van der Waals surface area (Å²) in [6.07, 6.45) is 44.8. The van der Waals surface area contributed by atoms with Gasteiger partial charge in [0.25, 0.3) is 0 Å². The molecule has 274 valence electrons. The number of allylic oxidation sites excluding steroid dienone is 11. The Bertz CT molecular complexity index is 1200. The van der Waals surface area contributed by atoms with Crippen molar-refractivity contribution in [3.8, 4) is 0 Å². The molecule has 2 nitrogen and oxygen atoms in total. The first-order chi connectivity index (χ1) is 23.6. The molecular formula is C47H74O2. The zero-order valence-electron chi connectivity index (χ0n) is 32.8. The van der Waals surface area contributed by atoms with E-state index in [2.05, 4.69) is 115 Å². The molecule has 4 aliphatic rings. The van der Waals surface area contributed by atoms with Crippen molar-refractivity contribution in [2.75, 3.05) is 0 Å². The maximum Gasteiger partial charge on any atom is 0.306 e. The van der Waals surface area contributed by atoms with Crippen LogP contribution in [0.1, 0.15) is 158 Å². The number of unbranched alkanes of at least 4 members (excludes halogenated alkanes) is 3. The molecular weight excluding hydrogens is 597 g/mol. The second-order valence-electron chi connectivity index (χ2n) is 17.3. The molecule has 0 bridgehead atoms. The molecule has 0 aromatic rings. The van der Waals surface area contributed by atoms with E-state index in [0.29, 0.717) is 35.0 Å². The van der Waals surface area contributed by atoms with Crippen LogP contribution in [0.5, 0.6) is 0 Å². The van der Waals surface area contributed by atoms with Crippen LogP contribution in [0.4, 0.5) is 0 Å². The Morgan fingerprint density at radius 1 is 0.816 bits per heavy atom. The maximum absolute atomic E-state index is 12.8. The number of rotatable bonds is 18. The van der Waals surface area contributed by atoms with Crippen LogP contribution in [-0.2, 0) is 9.53 Å². The van der Waals surface area contributed by atoms with E-state index in [0.717, 1.165) is 87.9 Å². The summed E-state index contributed by atoms with van der Waals surface area (Å²) < 4.78 is 6.11. The van der Waals surface area contributed by atoms with E-state index in [1.54, 1.807) is 5.57 Å². The van der Waals surface area contributed by atoms with Crippen molar-refractivity contribution in [3.05, 3.63) is 72.4 Å². The number of hydrogen-bond acceptors (Lipinski definition) is 2. The molecule has 0 aromatic carbocycles. The Morgan fingerprint density at radius 2 is 1.51 bits per heavy atom. The molecule has 0 amide bonds. The highest BCUT2D eigenvalue weighted by atomic mass is 16.5. The van der Waals surface area contributed by atoms with E-state index in [9.17, 15) is 4.79 Å². The van der Waals surface area contributed by atoms with Crippen molar-refractivity contribution in [3.63, 3.8) is 0 Å². The summed E-state index contributed by atoms with van der Waals surface area (Å²) in [6, 6.07) is 0. The van der Waals surface area contributed by atoms with Crippen molar-refractivity contribution >= 4 is 5.97 Å². The van der Waals surface area contributed by atoms with Crippen molar-refractivity contribution in [1.29, 1.82) is 0 Å². The first kappa shape index (κ1) is 39.7. The fourth-order valence-corrected chi connectivity index (χ4v) is 10.4. The van der Waals surface area contributed by atoms with E-state index in [-0.39, 0.29) is 12.1 Å². The summed E-state index contributed by atoms with van der Waals surface area (Å²) in [5.74, 6) is 5.39. The van der Waals surface area contributed by atoms with E-state index in [1.807, 2.05) is 0 Å². The second kappa shape index (κ2) is 19.5. The Balaban J connectivity index is 1.15. The third-order valence-corrected chi connectivity index (χ3v) is 13.8. The standard InChI is InChI=1S/C47H74O2/c1-8-9-10-11-12-13-14-15-16-17-18-19-20-21-22-23-24-45(48)49-40-31-33-46(6)39(35-40)27-28-41-43-30-29-42(47(43,7)34-32-44(41)46)38(5)26-25-37(4)36(2)3/h9-10,12-13,15-16,18-19,25-27,36-38,40-44H,8,11,14,17,20-24,28-35H2,1-7H3/b10-9+,13-12+,16-15+,19-18+,26-25+. The lowest BCUT2D eigenvalue weighted by Gasteiger charge is -2.58. The Labute approximate surface area is 303 Å². The summed E-state index contributed by atoms with van der Waals surface area (Å²) in [5, 5.41) is 0. The van der Waals surface area contributed by atoms with Crippen LogP contribution in [0, 0.1) is 52.3 Å². The highest BCUT2D eigenvalue weighted by molar-refractivity contribution is 5.69. The fourth-order valence-electron chi connectivity index (χ4n) is 10.4. The Kier molecular flexibility index (Phi) is 15.8. The normalized spacial score (nSPS) is 33.1. The van der Waals surface area contributed by atoms with Crippen LogP contribution in [0.2, 0.25) is 0 Å². The summed E-state index contributed by atoms with van der Waals surface area (Å²) in [5.41, 5.74) is 2.40. The SMILES string of the molecule is CC/C=C/C/C=C/C/C=C/C/C=C/CCCCCC(=O)OC1CCC2(C)C(=CCC3C2CCC2(C)C(C(C)/C=C/C(C)C(C)C)CCC32)C1. The van der Waals surface area contributed by atoms with Gasteiger partial charge in [-0.3, -0.25) is 4.79 Å². The van der Waals surface area contributed by atoms with Crippen LogP contribution in [0.3, 0.4) is 0 Å². The molecule has 0 aliphatic heterocycles. The van der Waals surface area contributed by atoms with Crippen LogP contribution in [-0.4, -0.2) is 12.1 Å². The van der Waals surface area contributed by atoms with Crippen LogP contribution in [0.15, 0.2) is 72.4 Å². The first-order valence-electron chi connectivity index (χ1n) is 20.8. The van der Waals surface area contributed by atoms with Crippen LogP contribution < -0.4 is 0 Å². The summed E-state index contributed by atoms with van der Waals surface area (Å²) in [7, 11) is 0. The van der Waals surface area contributed by atoms with Crippen molar-refractivity contribution < 1.29 is 9.53 Å². The molecule has 9 unspecified atom stereocenters. The summed E-state index contributed by atoms with van der Waals surface area (Å²) in [6.45, 7) is 17.0. The minimum absolute atomic E-state index is 0.0235. The van der Waals surface area contributed by atoms with Gasteiger partial charge in [0.2, 0.25) is 0 Å². The molecule has 49 heavy (non-hydrogen) atoms. The number of carbonyl (C=O) groups is 1. The molecule has 0 N–H and O–H groups in total. The van der Waals surface area contributed by atoms with E-state index >= 15 is 0 Å². The van der Waals surface area contributed by atoms with Gasteiger partial charge in [0.15, 0.2) is 0 Å². The number of carbonyl (C=O) groups excluding carboxylic acids is 1. The third kappa shape index (κ3) is 10.7. The maximum atomic E-state index is 12.8. The van der Waals surface area contributed by atoms with Gasteiger partial charge in [-0.15, -0.1) is 0 Å². The molecule has 4 rings (SSSR count). The number of esters is 1. The number of fused-ring (bicyclic) bond motifs is 5. The predicted octanol–water partition coefficient (Wildman–Crippen LogP) is 13.7. The molecule has 3 saturated carbocycles. The number of ether oxygens (including phenoxy) is 1. The zero-order valence-corrected chi connectivity index (χ0v) is 32.8. The lowest BCUT2D eigenvalue weighted by Crippen LogP contribution is -2.51. The average molecular weight is 671 g/mol. The smallest absolute Gasteiger partial charge is 0.306 e. The molecule has 0 aromatic heterocycles. The highest BCUT2D eigenvalue weighted by Crippen LogP contribution is 2.67. The van der Waals surface area contributed by atoms with Gasteiger partial charge in [0.1, 0.15) is 6.10 Å². The molecule has 4 aliphatic carbocycles. The topological polar surface area (TPSA) is 26.3 Å². The Hall–Kier alpha value is -2.09. The molecule has 0 spiro atoms. The largest absolute Gasteiger partial charge is 0.462 e. The average Bonchev–Trinajstić information content (AvgIpc) is 3.44. The Morgan fingerprint density at radius 3 is 2.20 bits per heavy atom. The number of hydrogen-bond donors (Lipinski definition) is 0. The second-order valence-corrected chi connectivity index (χ2v) is 17.3. The van der Waals surface area contributed by atoms with Gasteiger partial charge in [-0.1, -0.05) is 127 Å². The van der Waals surface area contributed by atoms with Gasteiger partial charge in [-0.25, -0.2) is 0 Å². The van der Waals surface area contributed by atoms with E-state index in [1.165, 1.54) is 38.5 Å². The van der Waals surface area contributed by atoms with Crippen molar-refractivity contribution in [1.82, 2.24) is 0 Å². The van der Waals surface area contributed by atoms with Crippen LogP contribution >= 0.6 is 0 Å². The summed E-state index contributed by atoms with van der Waals surface area (Å²) in [4.78, 5) is 12.8. The lowest BCUT2D eigenvalue weighted by atomic mass is 9.47. The van der Waals surface area contributed by atoms with Gasteiger partial charge in [0.05, 0.1) is 0 Å². The molecule has 3 fully saturated rings. The van der Waals surface area contributed by atoms with Gasteiger partial charge < -0.3 is 4.74 Å². The van der Waals surface area contributed by atoms with E-state index in [4.69, 9.17) is 4.74 Å². The molecule has 2 heteroatoms. The van der Waals surface area contributed by atoms with Gasteiger partial charge in [-0.2, -0.15) is 0 Å². The molecule has 0 heterocycles. The quantitative estimate of drug-likeness (QED) is 0.0824. The van der Waals surface area contributed by atoms with Gasteiger partial charge >= 0.3 is 5.97 Å².